The van der Waals surface area contributed by atoms with Gasteiger partial charge in [0, 0.05) is 0 Å². The number of hydrogen-bond donors (Lipinski definition) is 1. The molecule has 31 heavy (non-hydrogen) atoms. The van der Waals surface area contributed by atoms with Crippen molar-refractivity contribution in [2.24, 2.45) is 0 Å². The molecule has 0 radical (unpaired) electrons. The molecule has 0 fully saturated rings. The summed E-state index contributed by atoms with van der Waals surface area (Å²) in [7, 11) is 0. The summed E-state index contributed by atoms with van der Waals surface area (Å²) >= 11 is 0. The minimum absolute atomic E-state index is 0.216. The predicted octanol–water partition coefficient (Wildman–Crippen LogP) is 5.31. The van der Waals surface area contributed by atoms with Gasteiger partial charge in [0.25, 0.3) is 0 Å². The number of carbonyl (C=O) groups excluding carboxylic acids is 1. The normalized spacial score (nSPS) is 12.7. The van der Waals surface area contributed by atoms with Crippen LogP contribution in [0.15, 0.2) is 57.7 Å². The van der Waals surface area contributed by atoms with E-state index in [1.165, 1.54) is 18.2 Å². The molecule has 0 saturated carbocycles. The summed E-state index contributed by atoms with van der Waals surface area (Å²) in [5.74, 6) is -18.0. The average Bonchev–Trinajstić information content (AvgIpc) is 2.68. The van der Waals surface area contributed by atoms with E-state index in [1.807, 2.05) is 0 Å². The lowest BCUT2D eigenvalue weighted by molar-refractivity contribution is -0.339. The number of fused-ring (bicyclic) bond motifs is 1. The van der Waals surface area contributed by atoms with Crippen LogP contribution in [0.4, 0.5) is 30.7 Å². The van der Waals surface area contributed by atoms with Crippen LogP contribution in [0.2, 0.25) is 0 Å². The smallest absolute Gasteiger partial charge is 0.460 e. The fourth-order valence-electron chi connectivity index (χ4n) is 2.56. The summed E-state index contributed by atoms with van der Waals surface area (Å²) in [5, 5.41) is 9.52. The van der Waals surface area contributed by atoms with E-state index in [9.17, 15) is 45.4 Å². The Kier molecular flexibility index (Phi) is 5.20. The van der Waals surface area contributed by atoms with Gasteiger partial charge in [0.05, 0.1) is 5.39 Å². The molecule has 0 amide bonds. The van der Waals surface area contributed by atoms with E-state index in [4.69, 9.17) is 4.74 Å². The third-order valence-corrected chi connectivity index (χ3v) is 4.10. The van der Waals surface area contributed by atoms with E-state index in [-0.39, 0.29) is 11.5 Å². The van der Waals surface area contributed by atoms with Crippen molar-refractivity contribution in [3.63, 3.8) is 0 Å². The summed E-state index contributed by atoms with van der Waals surface area (Å²) in [6, 6.07) is 11.1. The number of ether oxygens (including phenoxy) is 1. The van der Waals surface area contributed by atoms with Crippen LogP contribution in [0.3, 0.4) is 0 Å². The van der Waals surface area contributed by atoms with Gasteiger partial charge in [-0.3, -0.25) is 4.79 Å². The second-order valence-corrected chi connectivity index (χ2v) is 6.14. The van der Waals surface area contributed by atoms with E-state index in [0.29, 0.717) is 0 Å². The first kappa shape index (κ1) is 22.1. The second kappa shape index (κ2) is 7.29. The molecule has 164 valence electrons. The first-order valence-corrected chi connectivity index (χ1v) is 8.18. The van der Waals surface area contributed by atoms with Crippen LogP contribution in [0.5, 0.6) is 17.2 Å². The lowest BCUT2D eigenvalue weighted by Crippen LogP contribution is -2.56. The number of benzene rings is 2. The van der Waals surface area contributed by atoms with Gasteiger partial charge in [-0.15, -0.1) is 0 Å². The van der Waals surface area contributed by atoms with Crippen LogP contribution in [0.1, 0.15) is 10.4 Å². The largest absolute Gasteiger partial charge is 0.506 e. The van der Waals surface area contributed by atoms with Crippen LogP contribution < -0.4 is 10.4 Å². The van der Waals surface area contributed by atoms with E-state index >= 15 is 0 Å². The average molecular weight is 450 g/mol. The third-order valence-electron chi connectivity index (χ3n) is 4.10. The van der Waals surface area contributed by atoms with E-state index in [2.05, 4.69) is 4.42 Å². The van der Waals surface area contributed by atoms with Crippen molar-refractivity contribution >= 4 is 16.8 Å². The van der Waals surface area contributed by atoms with Crippen LogP contribution in [0.25, 0.3) is 11.0 Å². The molecular formula is C19H9F7O5. The molecule has 0 spiro atoms. The number of aromatic hydroxyl groups is 1. The molecule has 12 heteroatoms. The Morgan fingerprint density at radius 1 is 0.903 bits per heavy atom. The highest BCUT2D eigenvalue weighted by Gasteiger charge is 2.76. The molecule has 2 aromatic carbocycles. The Bertz CT molecular complexity index is 1200. The Morgan fingerprint density at radius 3 is 2.10 bits per heavy atom. The van der Waals surface area contributed by atoms with Gasteiger partial charge in [-0.2, -0.15) is 30.7 Å². The summed E-state index contributed by atoms with van der Waals surface area (Å²) in [6.45, 7) is 0. The second-order valence-electron chi connectivity index (χ2n) is 6.14. The molecule has 5 nitrogen and oxygen atoms in total. The van der Waals surface area contributed by atoms with Gasteiger partial charge in [-0.05, 0) is 24.3 Å². The van der Waals surface area contributed by atoms with Crippen LogP contribution in [-0.4, -0.2) is 28.9 Å². The summed E-state index contributed by atoms with van der Waals surface area (Å²) in [5.41, 5.74) is -4.67. The summed E-state index contributed by atoms with van der Waals surface area (Å²) in [6.07, 6.45) is -6.81. The number of rotatable bonds is 5. The molecule has 0 aliphatic rings. The highest BCUT2D eigenvalue weighted by molar-refractivity contribution is 6.07. The number of carbonyl (C=O) groups is 1. The Hall–Kier alpha value is -3.57. The van der Waals surface area contributed by atoms with Gasteiger partial charge in [-0.1, -0.05) is 24.3 Å². The fourth-order valence-corrected chi connectivity index (χ4v) is 2.56. The monoisotopic (exact) mass is 450 g/mol. The van der Waals surface area contributed by atoms with Gasteiger partial charge >= 0.3 is 23.6 Å². The number of para-hydroxylation sites is 2. The van der Waals surface area contributed by atoms with Crippen LogP contribution >= 0.6 is 0 Å². The lowest BCUT2D eigenvalue weighted by atomic mass is 9.99. The molecule has 0 aliphatic carbocycles. The molecule has 1 heterocycles. The van der Waals surface area contributed by atoms with E-state index < -0.39 is 51.7 Å². The van der Waals surface area contributed by atoms with Crippen LogP contribution in [0, 0.1) is 0 Å². The maximum atomic E-state index is 13.8. The van der Waals surface area contributed by atoms with E-state index in [1.54, 1.807) is 18.2 Å². The Morgan fingerprint density at radius 2 is 1.52 bits per heavy atom. The number of hydrogen-bond acceptors (Lipinski definition) is 5. The maximum absolute atomic E-state index is 13.8. The lowest BCUT2D eigenvalue weighted by Gasteiger charge is -2.26. The number of ketones is 1. The van der Waals surface area contributed by atoms with Crippen molar-refractivity contribution in [3.8, 4) is 17.2 Å². The van der Waals surface area contributed by atoms with Gasteiger partial charge in [0.15, 0.2) is 16.9 Å². The summed E-state index contributed by atoms with van der Waals surface area (Å²) < 4.78 is 101. The molecule has 1 N–H and O–H groups in total. The van der Waals surface area contributed by atoms with Crippen molar-refractivity contribution in [1.29, 1.82) is 0 Å². The molecule has 1 aromatic heterocycles. The predicted molar refractivity (Wildman–Crippen MR) is 90.9 cm³/mol. The zero-order valence-electron chi connectivity index (χ0n) is 14.8. The first-order valence-electron chi connectivity index (χ1n) is 8.18. The molecule has 3 aromatic rings. The van der Waals surface area contributed by atoms with Crippen molar-refractivity contribution in [2.45, 2.75) is 18.0 Å². The van der Waals surface area contributed by atoms with Gasteiger partial charge in [0.2, 0.25) is 5.78 Å². The zero-order chi connectivity index (χ0) is 23.2. The minimum Gasteiger partial charge on any atom is -0.506 e. The molecule has 0 unspecified atom stereocenters. The fraction of sp³-hybridized carbons (Fsp3) is 0.158. The topological polar surface area (TPSA) is 76.7 Å². The number of alkyl halides is 7. The quantitative estimate of drug-likeness (QED) is 0.324. The summed E-state index contributed by atoms with van der Waals surface area (Å²) in [4.78, 5) is 23.9. The van der Waals surface area contributed by atoms with E-state index in [0.717, 1.165) is 12.1 Å². The molecule has 0 aliphatic heterocycles. The van der Waals surface area contributed by atoms with Gasteiger partial charge in [0.1, 0.15) is 11.5 Å². The molecule has 0 atom stereocenters. The first-order chi connectivity index (χ1) is 14.3. The highest BCUT2D eigenvalue weighted by Crippen LogP contribution is 2.48. The Balaban J connectivity index is 2.16. The molecular weight excluding hydrogens is 441 g/mol. The zero-order valence-corrected chi connectivity index (χ0v) is 14.8. The molecule has 0 bridgehead atoms. The number of halogens is 7. The minimum atomic E-state index is -6.82. The molecule has 0 saturated heterocycles. The standard InChI is InChI=1S/C19H9F7O5/c20-17(21,18(22,23)19(24,25)26)15(28)12-13(27)10-7-4-8-11(14(10)31-16(12)29)30-9-5-2-1-3-6-9/h1-8,27H. The van der Waals surface area contributed by atoms with Crippen LogP contribution in [-0.2, 0) is 0 Å². The Labute approximate surface area is 167 Å². The third kappa shape index (κ3) is 3.57. The number of Topliss-reactive ketones (excluding diaryl/α,β-unsaturated/α-hetero) is 1. The van der Waals surface area contributed by atoms with Crippen molar-refractivity contribution in [2.75, 3.05) is 0 Å². The van der Waals surface area contributed by atoms with Gasteiger partial charge in [-0.25, -0.2) is 4.79 Å². The van der Waals surface area contributed by atoms with Crippen molar-refractivity contribution in [3.05, 3.63) is 64.5 Å². The maximum Gasteiger partial charge on any atom is 0.460 e. The highest BCUT2D eigenvalue weighted by atomic mass is 19.4. The van der Waals surface area contributed by atoms with Crippen molar-refractivity contribution in [1.82, 2.24) is 0 Å². The van der Waals surface area contributed by atoms with Crippen molar-refractivity contribution < 1.29 is 49.8 Å². The van der Waals surface area contributed by atoms with Gasteiger partial charge < -0.3 is 14.3 Å². The SMILES string of the molecule is O=C(c1c(O)c2cccc(Oc3ccccc3)c2oc1=O)C(F)(F)C(F)(F)C(F)(F)F. The molecule has 3 rings (SSSR count).